The third kappa shape index (κ3) is 5.17. The highest BCUT2D eigenvalue weighted by Crippen LogP contribution is 2.28. The first-order valence-corrected chi connectivity index (χ1v) is 10.5. The summed E-state index contributed by atoms with van der Waals surface area (Å²) in [6.45, 7) is 5.19. The van der Waals surface area contributed by atoms with Gasteiger partial charge in [0.05, 0.1) is 12.5 Å². The number of amides is 3. The molecule has 3 rings (SSSR count). The van der Waals surface area contributed by atoms with E-state index >= 15 is 0 Å². The molecule has 8 nitrogen and oxygen atoms in total. The number of carbonyl (C=O) groups is 4. The fourth-order valence-corrected chi connectivity index (χ4v) is 3.98. The molecule has 2 saturated heterocycles. The van der Waals surface area contributed by atoms with Gasteiger partial charge in [0.15, 0.2) is 0 Å². The van der Waals surface area contributed by atoms with Gasteiger partial charge in [-0.1, -0.05) is 17.7 Å². The molecule has 1 aromatic rings. The fourth-order valence-electron chi connectivity index (χ4n) is 3.98. The third-order valence-electron chi connectivity index (χ3n) is 5.71. The van der Waals surface area contributed by atoms with Crippen molar-refractivity contribution >= 4 is 29.4 Å². The maximum atomic E-state index is 12.9. The largest absolute Gasteiger partial charge is 0.465 e. The zero-order valence-electron chi connectivity index (χ0n) is 17.6. The fraction of sp³-hybridized carbons (Fsp3) is 0.545. The molecule has 3 amide bonds. The molecular formula is C22H29N3O5. The van der Waals surface area contributed by atoms with E-state index in [4.69, 9.17) is 4.74 Å². The van der Waals surface area contributed by atoms with Gasteiger partial charge in [-0.3, -0.25) is 19.2 Å². The van der Waals surface area contributed by atoms with Gasteiger partial charge in [0, 0.05) is 37.7 Å². The first-order valence-electron chi connectivity index (χ1n) is 10.5. The average molecular weight is 415 g/mol. The number of benzene rings is 1. The Bertz CT molecular complexity index is 799. The number of nitrogens with zero attached hydrogens (tertiary/aromatic N) is 2. The number of anilines is 1. The van der Waals surface area contributed by atoms with Gasteiger partial charge in [0.2, 0.25) is 17.7 Å². The highest BCUT2D eigenvalue weighted by Gasteiger charge is 2.38. The van der Waals surface area contributed by atoms with Crippen LogP contribution in [0.2, 0.25) is 0 Å². The number of esters is 1. The number of carbonyl (C=O) groups excluding carboxylic acids is 4. The van der Waals surface area contributed by atoms with Crippen molar-refractivity contribution in [2.24, 2.45) is 11.8 Å². The van der Waals surface area contributed by atoms with Crippen LogP contribution in [0.15, 0.2) is 24.3 Å². The minimum absolute atomic E-state index is 0.0247. The maximum Gasteiger partial charge on any atom is 0.325 e. The number of hydrogen-bond donors (Lipinski definition) is 1. The molecule has 30 heavy (non-hydrogen) atoms. The zero-order chi connectivity index (χ0) is 21.7. The second-order valence-electron chi connectivity index (χ2n) is 7.86. The summed E-state index contributed by atoms with van der Waals surface area (Å²) in [5.74, 6) is -1.28. The number of rotatable bonds is 6. The van der Waals surface area contributed by atoms with Crippen LogP contribution in [0.1, 0.15) is 31.7 Å². The van der Waals surface area contributed by atoms with Gasteiger partial charge in [0.25, 0.3) is 0 Å². The Hall–Kier alpha value is -2.90. The maximum absolute atomic E-state index is 12.9. The van der Waals surface area contributed by atoms with Crippen molar-refractivity contribution in [3.63, 3.8) is 0 Å². The standard InChI is InChI=1S/C22H29N3O5/c1-3-30-20(27)13-23-21(28)16-8-10-24(11-9-16)22(29)17-12-19(26)25(14-17)18-6-4-15(2)5-7-18/h4-7,16-17H,3,8-14H2,1-2H3,(H,23,28)/t17-/m0/s1. The van der Waals surface area contributed by atoms with Crippen molar-refractivity contribution in [3.05, 3.63) is 29.8 Å². The molecular weight excluding hydrogens is 386 g/mol. The van der Waals surface area contributed by atoms with E-state index in [1.165, 1.54) is 0 Å². The lowest BCUT2D eigenvalue weighted by atomic mass is 9.94. The van der Waals surface area contributed by atoms with Crippen molar-refractivity contribution in [3.8, 4) is 0 Å². The molecule has 8 heteroatoms. The normalized spacial score (nSPS) is 19.7. The summed E-state index contributed by atoms with van der Waals surface area (Å²) in [6, 6.07) is 7.71. The summed E-state index contributed by atoms with van der Waals surface area (Å²) in [6.07, 6.45) is 1.30. The quantitative estimate of drug-likeness (QED) is 0.706. The highest BCUT2D eigenvalue weighted by atomic mass is 16.5. The van der Waals surface area contributed by atoms with Gasteiger partial charge in [-0.15, -0.1) is 0 Å². The lowest BCUT2D eigenvalue weighted by Crippen LogP contribution is -2.46. The number of nitrogens with one attached hydrogen (secondary N) is 1. The van der Waals surface area contributed by atoms with Crippen molar-refractivity contribution in [2.75, 3.05) is 37.7 Å². The van der Waals surface area contributed by atoms with Crippen LogP contribution in [0.5, 0.6) is 0 Å². The summed E-state index contributed by atoms with van der Waals surface area (Å²) in [4.78, 5) is 52.4. The van der Waals surface area contributed by atoms with Crippen LogP contribution < -0.4 is 10.2 Å². The van der Waals surface area contributed by atoms with E-state index in [0.29, 0.717) is 32.5 Å². The Balaban J connectivity index is 1.48. The number of ether oxygens (including phenoxy) is 1. The van der Waals surface area contributed by atoms with Gasteiger partial charge in [-0.25, -0.2) is 0 Å². The summed E-state index contributed by atoms with van der Waals surface area (Å²) < 4.78 is 4.80. The van der Waals surface area contributed by atoms with Gasteiger partial charge in [0.1, 0.15) is 6.54 Å². The van der Waals surface area contributed by atoms with E-state index in [0.717, 1.165) is 11.3 Å². The summed E-state index contributed by atoms with van der Waals surface area (Å²) in [5.41, 5.74) is 1.94. The predicted octanol–water partition coefficient (Wildman–Crippen LogP) is 1.27. The second-order valence-corrected chi connectivity index (χ2v) is 7.86. The molecule has 2 fully saturated rings. The Kier molecular flexibility index (Phi) is 7.07. The van der Waals surface area contributed by atoms with Crippen LogP contribution in [0.4, 0.5) is 5.69 Å². The molecule has 162 valence electrons. The van der Waals surface area contributed by atoms with Crippen LogP contribution in [-0.4, -0.2) is 61.4 Å². The monoisotopic (exact) mass is 415 g/mol. The molecule has 2 aliphatic heterocycles. The molecule has 0 unspecified atom stereocenters. The summed E-state index contributed by atoms with van der Waals surface area (Å²) in [7, 11) is 0. The topological polar surface area (TPSA) is 96.0 Å². The van der Waals surface area contributed by atoms with Crippen molar-refractivity contribution in [1.82, 2.24) is 10.2 Å². The zero-order valence-corrected chi connectivity index (χ0v) is 17.6. The van der Waals surface area contributed by atoms with Crippen molar-refractivity contribution in [1.29, 1.82) is 0 Å². The average Bonchev–Trinajstić information content (AvgIpc) is 3.14. The van der Waals surface area contributed by atoms with E-state index in [1.54, 1.807) is 16.7 Å². The van der Waals surface area contributed by atoms with Crippen LogP contribution in [0, 0.1) is 18.8 Å². The molecule has 1 atom stereocenters. The molecule has 0 spiro atoms. The third-order valence-corrected chi connectivity index (χ3v) is 5.71. The minimum Gasteiger partial charge on any atom is -0.465 e. The molecule has 2 aliphatic rings. The Morgan fingerprint density at radius 3 is 2.40 bits per heavy atom. The lowest BCUT2D eigenvalue weighted by molar-refractivity contribution is -0.144. The second kappa shape index (κ2) is 9.73. The summed E-state index contributed by atoms with van der Waals surface area (Å²) in [5, 5.41) is 2.60. The number of piperidine rings is 1. The van der Waals surface area contributed by atoms with Gasteiger partial charge in [-0.05, 0) is 38.8 Å². The Morgan fingerprint density at radius 2 is 1.77 bits per heavy atom. The SMILES string of the molecule is CCOC(=O)CNC(=O)C1CCN(C(=O)[C@H]2CC(=O)N(c3ccc(C)cc3)C2)CC1. The van der Waals surface area contributed by atoms with E-state index < -0.39 is 5.97 Å². The van der Waals surface area contributed by atoms with Crippen molar-refractivity contribution in [2.45, 2.75) is 33.1 Å². The van der Waals surface area contributed by atoms with Gasteiger partial charge >= 0.3 is 5.97 Å². The van der Waals surface area contributed by atoms with Crippen LogP contribution in [0.3, 0.4) is 0 Å². The van der Waals surface area contributed by atoms with E-state index in [2.05, 4.69) is 5.32 Å². The van der Waals surface area contributed by atoms with Gasteiger partial charge < -0.3 is 19.9 Å². The van der Waals surface area contributed by atoms with Crippen LogP contribution in [-0.2, 0) is 23.9 Å². The van der Waals surface area contributed by atoms with E-state index in [9.17, 15) is 19.2 Å². The van der Waals surface area contributed by atoms with Gasteiger partial charge in [-0.2, -0.15) is 0 Å². The molecule has 1 N–H and O–H groups in total. The molecule has 0 aromatic heterocycles. The molecule has 1 aromatic carbocycles. The minimum atomic E-state index is -0.456. The summed E-state index contributed by atoms with van der Waals surface area (Å²) >= 11 is 0. The first-order chi connectivity index (χ1) is 14.4. The number of likely N-dealkylation sites (tertiary alicyclic amines) is 1. The van der Waals surface area contributed by atoms with E-state index in [1.807, 2.05) is 31.2 Å². The molecule has 0 radical (unpaired) electrons. The number of aryl methyl sites for hydroxylation is 1. The van der Waals surface area contributed by atoms with Crippen LogP contribution in [0.25, 0.3) is 0 Å². The Labute approximate surface area is 176 Å². The van der Waals surface area contributed by atoms with Crippen molar-refractivity contribution < 1.29 is 23.9 Å². The lowest BCUT2D eigenvalue weighted by Gasteiger charge is -2.32. The molecule has 2 heterocycles. The molecule has 0 bridgehead atoms. The highest BCUT2D eigenvalue weighted by molar-refractivity contribution is 6.00. The first kappa shape index (κ1) is 21.8. The smallest absolute Gasteiger partial charge is 0.325 e. The molecule has 0 saturated carbocycles. The van der Waals surface area contributed by atoms with E-state index in [-0.39, 0.29) is 49.1 Å². The number of hydrogen-bond acceptors (Lipinski definition) is 5. The van der Waals surface area contributed by atoms with Crippen LogP contribution >= 0.6 is 0 Å². The Morgan fingerprint density at radius 1 is 1.10 bits per heavy atom. The molecule has 0 aliphatic carbocycles. The predicted molar refractivity (Wildman–Crippen MR) is 111 cm³/mol.